The van der Waals surface area contributed by atoms with Crippen molar-refractivity contribution in [1.82, 2.24) is 4.98 Å². The van der Waals surface area contributed by atoms with Crippen LogP contribution in [0.3, 0.4) is 0 Å². The Morgan fingerprint density at radius 1 is 1.45 bits per heavy atom. The molecule has 0 fully saturated rings. The number of nitrogens with zero attached hydrogens (tertiary/aromatic N) is 1. The largest absolute Gasteiger partial charge is 0.375 e. The molecule has 1 aromatic heterocycles. The molecule has 0 radical (unpaired) electrons. The lowest BCUT2D eigenvalue weighted by molar-refractivity contribution is -0.120. The molecule has 1 atom stereocenters. The first kappa shape index (κ1) is 14.8. The van der Waals surface area contributed by atoms with Crippen molar-refractivity contribution in [2.45, 2.75) is 39.5 Å². The molecule has 0 saturated heterocycles. The molecule has 4 nitrogen and oxygen atoms in total. The number of carbonyl (C=O) groups is 1. The molecule has 20 heavy (non-hydrogen) atoms. The van der Waals surface area contributed by atoms with Crippen LogP contribution in [-0.2, 0) is 4.79 Å². The van der Waals surface area contributed by atoms with Gasteiger partial charge in [0.2, 0.25) is 5.91 Å². The van der Waals surface area contributed by atoms with Crippen LogP contribution in [0.2, 0.25) is 0 Å². The van der Waals surface area contributed by atoms with Gasteiger partial charge in [-0.1, -0.05) is 38.0 Å². The molecule has 0 bridgehead atoms. The zero-order chi connectivity index (χ0) is 14.5. The summed E-state index contributed by atoms with van der Waals surface area (Å²) in [5.41, 5.74) is 7.39. The summed E-state index contributed by atoms with van der Waals surface area (Å²) in [5, 5.41) is 3.56. The van der Waals surface area contributed by atoms with E-state index >= 15 is 0 Å². The summed E-state index contributed by atoms with van der Waals surface area (Å²) in [6, 6.07) is 5.71. The van der Waals surface area contributed by atoms with Crippen LogP contribution in [0, 0.1) is 5.92 Å². The highest BCUT2D eigenvalue weighted by Gasteiger charge is 2.16. The van der Waals surface area contributed by atoms with E-state index in [-0.39, 0.29) is 11.8 Å². The molecule has 0 spiro atoms. The van der Waals surface area contributed by atoms with Gasteiger partial charge in [-0.05, 0) is 31.0 Å². The Bertz CT molecular complexity index is 594. The van der Waals surface area contributed by atoms with Crippen molar-refractivity contribution >= 4 is 38.3 Å². The quantitative estimate of drug-likeness (QED) is 0.844. The second-order valence-electron chi connectivity index (χ2n) is 4.97. The highest BCUT2D eigenvalue weighted by atomic mass is 32.1. The van der Waals surface area contributed by atoms with Crippen molar-refractivity contribution in [2.75, 3.05) is 11.1 Å². The highest BCUT2D eigenvalue weighted by Crippen LogP contribution is 2.27. The first-order chi connectivity index (χ1) is 9.63. The first-order valence-corrected chi connectivity index (χ1v) is 7.92. The molecule has 5 heteroatoms. The summed E-state index contributed by atoms with van der Waals surface area (Å²) in [6.07, 6.45) is 4.04. The van der Waals surface area contributed by atoms with Gasteiger partial charge < -0.3 is 11.1 Å². The van der Waals surface area contributed by atoms with Crippen LogP contribution in [0.1, 0.15) is 39.5 Å². The summed E-state index contributed by atoms with van der Waals surface area (Å²) in [6.45, 7) is 4.21. The van der Waals surface area contributed by atoms with Crippen LogP contribution in [0.5, 0.6) is 0 Å². The molecular formula is C15H21N3OS. The van der Waals surface area contributed by atoms with Crippen LogP contribution in [0.4, 0.5) is 10.8 Å². The van der Waals surface area contributed by atoms with Crippen molar-refractivity contribution in [3.05, 3.63) is 18.2 Å². The van der Waals surface area contributed by atoms with Crippen LogP contribution >= 0.6 is 11.3 Å². The van der Waals surface area contributed by atoms with Crippen LogP contribution in [-0.4, -0.2) is 10.9 Å². The third-order valence-electron chi connectivity index (χ3n) is 3.44. The number of amides is 1. The number of thiazole rings is 1. The molecular weight excluding hydrogens is 270 g/mol. The van der Waals surface area contributed by atoms with E-state index in [0.717, 1.165) is 41.6 Å². The Kier molecular flexibility index (Phi) is 4.95. The zero-order valence-corrected chi connectivity index (χ0v) is 12.8. The molecule has 0 aliphatic carbocycles. The molecule has 0 saturated carbocycles. The minimum Gasteiger partial charge on any atom is -0.375 e. The maximum Gasteiger partial charge on any atom is 0.227 e. The van der Waals surface area contributed by atoms with Gasteiger partial charge in [0.05, 0.1) is 10.2 Å². The van der Waals surface area contributed by atoms with Crippen molar-refractivity contribution in [2.24, 2.45) is 5.92 Å². The number of anilines is 2. The van der Waals surface area contributed by atoms with Gasteiger partial charge in [0.1, 0.15) is 0 Å². The summed E-state index contributed by atoms with van der Waals surface area (Å²) in [5.74, 6) is 0.204. The van der Waals surface area contributed by atoms with E-state index < -0.39 is 0 Å². The van der Waals surface area contributed by atoms with E-state index in [4.69, 9.17) is 5.73 Å². The summed E-state index contributed by atoms with van der Waals surface area (Å²) >= 11 is 1.44. The van der Waals surface area contributed by atoms with E-state index in [9.17, 15) is 4.79 Å². The SMILES string of the molecule is CCCCC(CC)C(=O)Nc1ccc2nc(N)sc2c1. The van der Waals surface area contributed by atoms with Gasteiger partial charge in [-0.15, -0.1) is 0 Å². The van der Waals surface area contributed by atoms with Gasteiger partial charge in [0.25, 0.3) is 0 Å². The zero-order valence-electron chi connectivity index (χ0n) is 12.0. The number of nitrogens with one attached hydrogen (secondary N) is 1. The Labute approximate surface area is 123 Å². The second kappa shape index (κ2) is 6.70. The Hall–Kier alpha value is -1.62. The number of benzene rings is 1. The third kappa shape index (κ3) is 3.48. The maximum absolute atomic E-state index is 12.2. The van der Waals surface area contributed by atoms with Gasteiger partial charge in [-0.2, -0.15) is 0 Å². The molecule has 2 rings (SSSR count). The van der Waals surface area contributed by atoms with E-state index in [1.807, 2.05) is 18.2 Å². The standard InChI is InChI=1S/C15H21N3OS/c1-3-5-6-10(4-2)14(19)17-11-7-8-12-13(9-11)20-15(16)18-12/h7-10H,3-6H2,1-2H3,(H2,16,18)(H,17,19). The van der Waals surface area contributed by atoms with Gasteiger partial charge in [0.15, 0.2) is 5.13 Å². The fourth-order valence-corrected chi connectivity index (χ4v) is 3.01. The van der Waals surface area contributed by atoms with Gasteiger partial charge in [-0.3, -0.25) is 4.79 Å². The fourth-order valence-electron chi connectivity index (χ4n) is 2.24. The van der Waals surface area contributed by atoms with Gasteiger partial charge in [0, 0.05) is 11.6 Å². The van der Waals surface area contributed by atoms with Crippen LogP contribution < -0.4 is 11.1 Å². The van der Waals surface area contributed by atoms with Crippen LogP contribution in [0.15, 0.2) is 18.2 Å². The smallest absolute Gasteiger partial charge is 0.227 e. The molecule has 3 N–H and O–H groups in total. The molecule has 1 heterocycles. The molecule has 1 amide bonds. The number of fused-ring (bicyclic) bond motifs is 1. The number of hydrogen-bond acceptors (Lipinski definition) is 4. The molecule has 0 aliphatic heterocycles. The maximum atomic E-state index is 12.2. The normalized spacial score (nSPS) is 12.5. The van der Waals surface area contributed by atoms with E-state index in [2.05, 4.69) is 24.1 Å². The number of nitrogen functional groups attached to an aromatic ring is 1. The predicted octanol–water partition coefficient (Wildman–Crippen LogP) is 4.03. The van der Waals surface area contributed by atoms with Crippen molar-refractivity contribution < 1.29 is 4.79 Å². The molecule has 108 valence electrons. The lowest BCUT2D eigenvalue weighted by Crippen LogP contribution is -2.22. The first-order valence-electron chi connectivity index (χ1n) is 7.11. The number of unbranched alkanes of at least 4 members (excludes halogenated alkanes) is 1. The molecule has 0 aliphatic rings. The molecule has 1 aromatic carbocycles. The fraction of sp³-hybridized carbons (Fsp3) is 0.467. The van der Waals surface area contributed by atoms with Gasteiger partial charge >= 0.3 is 0 Å². The number of hydrogen-bond donors (Lipinski definition) is 2. The number of aromatic nitrogens is 1. The molecule has 1 unspecified atom stereocenters. The van der Waals surface area contributed by atoms with E-state index in [0.29, 0.717) is 5.13 Å². The van der Waals surface area contributed by atoms with Crippen molar-refractivity contribution in [3.63, 3.8) is 0 Å². The van der Waals surface area contributed by atoms with E-state index in [1.165, 1.54) is 11.3 Å². The lowest BCUT2D eigenvalue weighted by Gasteiger charge is -2.14. The summed E-state index contributed by atoms with van der Waals surface area (Å²) in [4.78, 5) is 16.5. The highest BCUT2D eigenvalue weighted by molar-refractivity contribution is 7.22. The van der Waals surface area contributed by atoms with Crippen LogP contribution in [0.25, 0.3) is 10.2 Å². The number of nitrogens with two attached hydrogens (primary N) is 1. The topological polar surface area (TPSA) is 68.0 Å². The minimum absolute atomic E-state index is 0.0946. The Morgan fingerprint density at radius 2 is 2.25 bits per heavy atom. The number of rotatable bonds is 6. The third-order valence-corrected chi connectivity index (χ3v) is 4.29. The average molecular weight is 291 g/mol. The lowest BCUT2D eigenvalue weighted by atomic mass is 9.98. The summed E-state index contributed by atoms with van der Waals surface area (Å²) < 4.78 is 1.00. The average Bonchev–Trinajstić information content (AvgIpc) is 2.79. The second-order valence-corrected chi connectivity index (χ2v) is 6.03. The van der Waals surface area contributed by atoms with Crippen molar-refractivity contribution in [3.8, 4) is 0 Å². The molecule has 2 aromatic rings. The Morgan fingerprint density at radius 3 is 2.95 bits per heavy atom. The number of carbonyl (C=O) groups excluding carboxylic acids is 1. The monoisotopic (exact) mass is 291 g/mol. The van der Waals surface area contributed by atoms with Crippen molar-refractivity contribution in [1.29, 1.82) is 0 Å². The van der Waals surface area contributed by atoms with Gasteiger partial charge in [-0.25, -0.2) is 4.98 Å². The van der Waals surface area contributed by atoms with E-state index in [1.54, 1.807) is 0 Å². The minimum atomic E-state index is 0.0946. The Balaban J connectivity index is 2.08. The predicted molar refractivity (Wildman–Crippen MR) is 86.0 cm³/mol. The summed E-state index contributed by atoms with van der Waals surface area (Å²) in [7, 11) is 0.